The van der Waals surface area contributed by atoms with Crippen molar-refractivity contribution in [3.63, 3.8) is 0 Å². The Bertz CT molecular complexity index is 723. The highest BCUT2D eigenvalue weighted by atomic mass is 32.2. The summed E-state index contributed by atoms with van der Waals surface area (Å²) in [6.07, 6.45) is -0.215. The van der Waals surface area contributed by atoms with Gasteiger partial charge in [0.05, 0.1) is 10.5 Å². The van der Waals surface area contributed by atoms with Gasteiger partial charge in [0.1, 0.15) is 5.60 Å². The molecule has 23 heavy (non-hydrogen) atoms. The van der Waals surface area contributed by atoms with Crippen LogP contribution in [0.15, 0.2) is 41.4 Å². The standard InChI is InChI=1S/C14H15F3N2O3S/c15-14(16,17)11-2-1-3-12(10-11)23(20,21)19-8-5-13(6-9-19)4-7-18-22-13/h1-4,7,10,18H,5-6,8-9H2. The van der Waals surface area contributed by atoms with E-state index in [1.807, 2.05) is 6.08 Å². The first-order valence-electron chi connectivity index (χ1n) is 7.02. The summed E-state index contributed by atoms with van der Waals surface area (Å²) in [5.74, 6) is 0. The Labute approximate surface area is 131 Å². The molecule has 0 atom stereocenters. The highest BCUT2D eigenvalue weighted by Gasteiger charge is 2.40. The minimum atomic E-state index is -4.58. The van der Waals surface area contributed by atoms with Crippen LogP contribution in [0.25, 0.3) is 0 Å². The van der Waals surface area contributed by atoms with Gasteiger partial charge in [0.2, 0.25) is 10.0 Å². The lowest BCUT2D eigenvalue weighted by Crippen LogP contribution is -2.46. The van der Waals surface area contributed by atoms with E-state index >= 15 is 0 Å². The summed E-state index contributed by atoms with van der Waals surface area (Å²) in [5.41, 5.74) is 1.12. The van der Waals surface area contributed by atoms with Gasteiger partial charge in [0.25, 0.3) is 0 Å². The smallest absolute Gasteiger partial charge is 0.274 e. The lowest BCUT2D eigenvalue weighted by molar-refractivity contribution is -0.137. The third-order valence-electron chi connectivity index (χ3n) is 4.09. The fourth-order valence-electron chi connectivity index (χ4n) is 2.73. The number of sulfonamides is 1. The van der Waals surface area contributed by atoms with Crippen molar-refractivity contribution >= 4 is 10.0 Å². The van der Waals surface area contributed by atoms with E-state index < -0.39 is 27.4 Å². The van der Waals surface area contributed by atoms with E-state index in [-0.39, 0.29) is 18.0 Å². The molecule has 1 aromatic carbocycles. The van der Waals surface area contributed by atoms with Gasteiger partial charge >= 0.3 is 6.18 Å². The number of nitrogens with zero attached hydrogens (tertiary/aromatic N) is 1. The van der Waals surface area contributed by atoms with Crippen LogP contribution in [-0.2, 0) is 21.0 Å². The summed E-state index contributed by atoms with van der Waals surface area (Å²) < 4.78 is 64.6. The third-order valence-corrected chi connectivity index (χ3v) is 5.98. The van der Waals surface area contributed by atoms with Crippen molar-refractivity contribution < 1.29 is 26.4 Å². The SMILES string of the molecule is O=S(=O)(c1cccc(C(F)(F)F)c1)N1CCC2(C=CNO2)CC1. The lowest BCUT2D eigenvalue weighted by Gasteiger charge is -2.36. The van der Waals surface area contributed by atoms with Crippen LogP contribution in [0, 0.1) is 0 Å². The molecule has 0 amide bonds. The van der Waals surface area contributed by atoms with Gasteiger partial charge in [-0.15, -0.1) is 0 Å². The predicted octanol–water partition coefficient (Wildman–Crippen LogP) is 2.28. The molecule has 1 saturated heterocycles. The molecule has 3 rings (SSSR count). The second-order valence-electron chi connectivity index (χ2n) is 5.55. The summed E-state index contributed by atoms with van der Waals surface area (Å²) in [5, 5.41) is 0. The number of hydrogen-bond donors (Lipinski definition) is 1. The van der Waals surface area contributed by atoms with Crippen molar-refractivity contribution in [2.75, 3.05) is 13.1 Å². The normalized spacial score (nSPS) is 21.5. The van der Waals surface area contributed by atoms with E-state index in [0.717, 1.165) is 12.1 Å². The molecule has 1 spiro atoms. The summed E-state index contributed by atoms with van der Waals surface area (Å²) >= 11 is 0. The second kappa shape index (κ2) is 5.50. The zero-order valence-corrected chi connectivity index (χ0v) is 12.8. The number of hydrogen-bond acceptors (Lipinski definition) is 4. The zero-order chi connectivity index (χ0) is 16.7. The van der Waals surface area contributed by atoms with Gasteiger partial charge in [0.15, 0.2) is 0 Å². The van der Waals surface area contributed by atoms with E-state index in [4.69, 9.17) is 4.84 Å². The highest BCUT2D eigenvalue weighted by Crippen LogP contribution is 2.34. The van der Waals surface area contributed by atoms with Crippen LogP contribution in [0.2, 0.25) is 0 Å². The van der Waals surface area contributed by atoms with Crippen molar-refractivity contribution in [1.82, 2.24) is 9.79 Å². The van der Waals surface area contributed by atoms with Gasteiger partial charge < -0.3 is 0 Å². The molecule has 1 fully saturated rings. The van der Waals surface area contributed by atoms with Crippen molar-refractivity contribution in [2.45, 2.75) is 29.5 Å². The molecule has 2 aliphatic rings. The molecule has 0 saturated carbocycles. The van der Waals surface area contributed by atoms with E-state index in [1.165, 1.54) is 10.4 Å². The fourth-order valence-corrected chi connectivity index (χ4v) is 4.21. The third kappa shape index (κ3) is 3.08. The Morgan fingerprint density at radius 3 is 2.48 bits per heavy atom. The van der Waals surface area contributed by atoms with E-state index in [1.54, 1.807) is 6.20 Å². The van der Waals surface area contributed by atoms with Crippen LogP contribution < -0.4 is 5.48 Å². The van der Waals surface area contributed by atoms with Crippen molar-refractivity contribution in [3.05, 3.63) is 42.1 Å². The van der Waals surface area contributed by atoms with Crippen LogP contribution in [-0.4, -0.2) is 31.4 Å². The zero-order valence-electron chi connectivity index (χ0n) is 12.0. The van der Waals surface area contributed by atoms with Crippen molar-refractivity contribution in [2.24, 2.45) is 0 Å². The largest absolute Gasteiger partial charge is 0.416 e. The van der Waals surface area contributed by atoms with Gasteiger partial charge in [-0.2, -0.15) is 17.5 Å². The Hall–Kier alpha value is -1.58. The Morgan fingerprint density at radius 1 is 1.22 bits per heavy atom. The molecule has 0 bridgehead atoms. The summed E-state index contributed by atoms with van der Waals surface area (Å²) in [6, 6.07) is 3.82. The lowest BCUT2D eigenvalue weighted by atomic mass is 9.93. The number of benzene rings is 1. The highest BCUT2D eigenvalue weighted by molar-refractivity contribution is 7.89. The molecule has 126 valence electrons. The minimum absolute atomic E-state index is 0.185. The molecule has 1 N–H and O–H groups in total. The number of halogens is 3. The summed E-state index contributed by atoms with van der Waals surface area (Å²) in [4.78, 5) is 5.04. The Balaban J connectivity index is 1.81. The van der Waals surface area contributed by atoms with Gasteiger partial charge in [-0.05, 0) is 37.1 Å². The van der Waals surface area contributed by atoms with Crippen molar-refractivity contribution in [1.29, 1.82) is 0 Å². The van der Waals surface area contributed by atoms with Gasteiger partial charge in [-0.3, -0.25) is 10.3 Å². The monoisotopic (exact) mass is 348 g/mol. The first kappa shape index (κ1) is 16.3. The van der Waals surface area contributed by atoms with Crippen LogP contribution in [0.1, 0.15) is 18.4 Å². The maximum Gasteiger partial charge on any atom is 0.416 e. The van der Waals surface area contributed by atoms with E-state index in [2.05, 4.69) is 5.48 Å². The molecule has 0 aliphatic carbocycles. The number of nitrogens with one attached hydrogen (secondary N) is 1. The van der Waals surface area contributed by atoms with Gasteiger partial charge in [-0.25, -0.2) is 8.42 Å². The second-order valence-corrected chi connectivity index (χ2v) is 7.49. The summed E-state index contributed by atoms with van der Waals surface area (Å²) in [6.45, 7) is 0.370. The minimum Gasteiger partial charge on any atom is -0.274 e. The van der Waals surface area contributed by atoms with E-state index in [9.17, 15) is 21.6 Å². The average molecular weight is 348 g/mol. The first-order valence-corrected chi connectivity index (χ1v) is 8.46. The van der Waals surface area contributed by atoms with Crippen LogP contribution in [0.4, 0.5) is 13.2 Å². The Kier molecular flexibility index (Phi) is 3.89. The van der Waals surface area contributed by atoms with Gasteiger partial charge in [-0.1, -0.05) is 6.07 Å². The summed E-state index contributed by atoms with van der Waals surface area (Å²) in [7, 11) is -3.96. The molecule has 9 heteroatoms. The molecule has 1 aromatic rings. The molecule has 5 nitrogen and oxygen atoms in total. The van der Waals surface area contributed by atoms with E-state index in [0.29, 0.717) is 18.9 Å². The van der Waals surface area contributed by atoms with Gasteiger partial charge in [0, 0.05) is 19.3 Å². The maximum atomic E-state index is 12.8. The topological polar surface area (TPSA) is 58.6 Å². The molecule has 2 heterocycles. The number of rotatable bonds is 2. The average Bonchev–Trinajstić information content (AvgIpc) is 2.95. The predicted molar refractivity (Wildman–Crippen MR) is 75.5 cm³/mol. The van der Waals surface area contributed by atoms with Crippen molar-refractivity contribution in [3.8, 4) is 0 Å². The fraction of sp³-hybridized carbons (Fsp3) is 0.429. The first-order chi connectivity index (χ1) is 10.7. The molecule has 2 aliphatic heterocycles. The molecular formula is C14H15F3N2O3S. The number of hydroxylamine groups is 1. The molecular weight excluding hydrogens is 333 g/mol. The van der Waals surface area contributed by atoms with Crippen LogP contribution in [0.3, 0.4) is 0 Å². The maximum absolute atomic E-state index is 12.8. The van der Waals surface area contributed by atoms with Crippen LogP contribution in [0.5, 0.6) is 0 Å². The Morgan fingerprint density at radius 2 is 1.91 bits per heavy atom. The number of alkyl halides is 3. The number of piperidine rings is 1. The molecule has 0 radical (unpaired) electrons. The van der Waals surface area contributed by atoms with Crippen LogP contribution >= 0.6 is 0 Å². The molecule has 0 aromatic heterocycles. The molecule has 0 unspecified atom stereocenters. The quantitative estimate of drug-likeness (QED) is 0.891.